The van der Waals surface area contributed by atoms with Crippen LogP contribution < -0.4 is 11.1 Å². The zero-order valence-electron chi connectivity index (χ0n) is 22.2. The van der Waals surface area contributed by atoms with E-state index in [1.54, 1.807) is 35.5 Å². The maximum absolute atomic E-state index is 13.2. The van der Waals surface area contributed by atoms with E-state index in [1.165, 1.54) is 24.4 Å². The SMILES string of the molecule is C=CN[C@@H](CCSC)C(=O)OC.CSC[C@H](N)CN1SC(C)(C)[C@H]1C(=O)N1CCc2ccccc2C1. The highest BCUT2D eigenvalue weighted by Gasteiger charge is 2.53. The minimum Gasteiger partial charge on any atom is -0.467 e. The molecular weight excluding hydrogens is 513 g/mol. The van der Waals surface area contributed by atoms with Crippen LogP contribution in [0.5, 0.6) is 0 Å². The molecule has 2 heterocycles. The summed E-state index contributed by atoms with van der Waals surface area (Å²) in [6.07, 6.45) is 7.30. The molecule has 202 valence electrons. The molecule has 0 aromatic heterocycles. The Morgan fingerprint density at radius 1 is 1.31 bits per heavy atom. The average molecular weight is 555 g/mol. The van der Waals surface area contributed by atoms with Gasteiger partial charge in [0.2, 0.25) is 5.91 Å². The molecule has 0 spiro atoms. The van der Waals surface area contributed by atoms with Crippen molar-refractivity contribution in [1.29, 1.82) is 0 Å². The number of nitrogens with zero attached hydrogens (tertiary/aromatic N) is 2. The Kier molecular flexibility index (Phi) is 13.0. The van der Waals surface area contributed by atoms with Gasteiger partial charge in [-0.2, -0.15) is 23.5 Å². The van der Waals surface area contributed by atoms with Gasteiger partial charge in [-0.3, -0.25) is 4.79 Å². The second-order valence-corrected chi connectivity index (χ2v) is 13.0. The van der Waals surface area contributed by atoms with Gasteiger partial charge < -0.3 is 20.7 Å². The van der Waals surface area contributed by atoms with Gasteiger partial charge in [0.1, 0.15) is 12.1 Å². The van der Waals surface area contributed by atoms with Gasteiger partial charge in [-0.25, -0.2) is 9.10 Å². The number of ether oxygens (including phenoxy) is 1. The van der Waals surface area contributed by atoms with Gasteiger partial charge in [-0.05, 0) is 62.3 Å². The fraction of sp³-hybridized carbons (Fsp3) is 0.615. The molecule has 1 fully saturated rings. The number of fused-ring (bicyclic) bond motifs is 1. The fourth-order valence-corrected chi connectivity index (χ4v) is 6.91. The Bertz CT molecular complexity index is 871. The molecule has 3 atom stereocenters. The molecule has 0 aliphatic carbocycles. The largest absolute Gasteiger partial charge is 0.467 e. The van der Waals surface area contributed by atoms with Gasteiger partial charge in [0.05, 0.1) is 11.9 Å². The number of benzene rings is 1. The lowest BCUT2D eigenvalue weighted by atomic mass is 9.96. The summed E-state index contributed by atoms with van der Waals surface area (Å²) in [7, 11) is 1.39. The molecule has 1 aromatic carbocycles. The highest BCUT2D eigenvalue weighted by molar-refractivity contribution is 8.00. The number of carbonyl (C=O) groups excluding carboxylic acids is 2. The molecular formula is C26H42N4O3S3. The van der Waals surface area contributed by atoms with Gasteiger partial charge >= 0.3 is 5.97 Å². The lowest BCUT2D eigenvalue weighted by Gasteiger charge is -2.53. The molecule has 0 bridgehead atoms. The van der Waals surface area contributed by atoms with Crippen LogP contribution in [0.1, 0.15) is 31.4 Å². The molecule has 0 radical (unpaired) electrons. The van der Waals surface area contributed by atoms with Crippen molar-refractivity contribution in [2.24, 2.45) is 5.73 Å². The van der Waals surface area contributed by atoms with Crippen LogP contribution in [0.3, 0.4) is 0 Å². The molecule has 1 saturated heterocycles. The van der Waals surface area contributed by atoms with Gasteiger partial charge in [-0.15, -0.1) is 0 Å². The van der Waals surface area contributed by atoms with Crippen molar-refractivity contribution in [2.45, 2.75) is 56.1 Å². The maximum atomic E-state index is 13.2. The number of methoxy groups -OCH3 is 1. The molecule has 3 rings (SSSR count). The first-order valence-electron chi connectivity index (χ1n) is 12.2. The van der Waals surface area contributed by atoms with Crippen LogP contribution >= 0.6 is 35.5 Å². The molecule has 3 N–H and O–H groups in total. The Labute approximate surface area is 229 Å². The van der Waals surface area contributed by atoms with Crippen LogP contribution in [0.25, 0.3) is 0 Å². The zero-order chi connectivity index (χ0) is 26.7. The van der Waals surface area contributed by atoms with E-state index in [-0.39, 0.29) is 34.7 Å². The summed E-state index contributed by atoms with van der Waals surface area (Å²) in [4.78, 5) is 26.3. The molecule has 2 aliphatic heterocycles. The quantitative estimate of drug-likeness (QED) is 0.316. The fourth-order valence-electron chi connectivity index (χ4n) is 4.41. The highest BCUT2D eigenvalue weighted by Crippen LogP contribution is 2.47. The smallest absolute Gasteiger partial charge is 0.328 e. The van der Waals surface area contributed by atoms with E-state index in [2.05, 4.69) is 65.3 Å². The van der Waals surface area contributed by atoms with Crippen LogP contribution in [0.4, 0.5) is 0 Å². The van der Waals surface area contributed by atoms with E-state index in [0.29, 0.717) is 0 Å². The number of thioether (sulfide) groups is 2. The number of hydrogen-bond donors (Lipinski definition) is 2. The van der Waals surface area contributed by atoms with E-state index < -0.39 is 0 Å². The third kappa shape index (κ3) is 8.62. The third-order valence-corrected chi connectivity index (χ3v) is 8.88. The molecule has 1 aromatic rings. The van der Waals surface area contributed by atoms with Crippen molar-refractivity contribution in [3.05, 3.63) is 48.2 Å². The Morgan fingerprint density at radius 3 is 2.58 bits per heavy atom. The van der Waals surface area contributed by atoms with Crippen molar-refractivity contribution in [3.8, 4) is 0 Å². The van der Waals surface area contributed by atoms with E-state index in [9.17, 15) is 9.59 Å². The summed E-state index contributed by atoms with van der Waals surface area (Å²) in [5, 5.41) is 2.84. The molecule has 10 heteroatoms. The summed E-state index contributed by atoms with van der Waals surface area (Å²) in [6, 6.07) is 8.25. The third-order valence-electron chi connectivity index (χ3n) is 6.19. The summed E-state index contributed by atoms with van der Waals surface area (Å²) in [5.74, 6) is 1.88. The lowest BCUT2D eigenvalue weighted by molar-refractivity contribution is -0.143. The van der Waals surface area contributed by atoms with Crippen LogP contribution in [0.15, 0.2) is 37.0 Å². The van der Waals surface area contributed by atoms with E-state index in [1.807, 2.05) is 11.2 Å². The number of esters is 1. The second kappa shape index (κ2) is 15.2. The standard InChI is InChI=1S/C18H27N3OS2.C8H15NO2S/c1-18(2)16(21(24-18)11-15(19)12-23-3)17(22)20-9-8-13-6-4-5-7-14(13)10-20;1-4-9-7(5-6-12-3)8(10)11-2/h4-7,15-16H,8-12,19H2,1-3H3;4,7,9H,1,5-6H2,2-3H3/t15-,16-;7-/m10/s1. The second-order valence-electron chi connectivity index (χ2n) is 9.42. The predicted molar refractivity (Wildman–Crippen MR) is 156 cm³/mol. The first-order chi connectivity index (χ1) is 17.2. The number of nitrogens with one attached hydrogen (secondary N) is 1. The normalized spacial score (nSPS) is 20.1. The predicted octanol–water partition coefficient (Wildman–Crippen LogP) is 3.39. The summed E-state index contributed by atoms with van der Waals surface area (Å²) in [5.41, 5.74) is 8.85. The van der Waals surface area contributed by atoms with Crippen molar-refractivity contribution in [1.82, 2.24) is 14.5 Å². The number of amides is 1. The van der Waals surface area contributed by atoms with Crippen molar-refractivity contribution < 1.29 is 14.3 Å². The minimum absolute atomic E-state index is 0.0485. The topological polar surface area (TPSA) is 87.9 Å². The average Bonchev–Trinajstić information content (AvgIpc) is 2.85. The molecule has 0 saturated carbocycles. The van der Waals surface area contributed by atoms with Crippen LogP contribution in [0, 0.1) is 0 Å². The lowest BCUT2D eigenvalue weighted by Crippen LogP contribution is -2.65. The Morgan fingerprint density at radius 2 is 2.00 bits per heavy atom. The Hall–Kier alpha value is -1.33. The summed E-state index contributed by atoms with van der Waals surface area (Å²) in [6.45, 7) is 10.1. The van der Waals surface area contributed by atoms with Crippen LogP contribution in [-0.4, -0.2) is 88.2 Å². The first kappa shape index (κ1) is 30.9. The number of carbonyl (C=O) groups is 2. The van der Waals surface area contributed by atoms with E-state index in [4.69, 9.17) is 5.73 Å². The van der Waals surface area contributed by atoms with Crippen LogP contribution in [0.2, 0.25) is 0 Å². The van der Waals surface area contributed by atoms with Crippen molar-refractivity contribution in [3.63, 3.8) is 0 Å². The van der Waals surface area contributed by atoms with Gasteiger partial charge in [-0.1, -0.05) is 42.8 Å². The number of rotatable bonds is 11. The number of hydrogen-bond acceptors (Lipinski definition) is 9. The summed E-state index contributed by atoms with van der Waals surface area (Å²) >= 11 is 5.23. The van der Waals surface area contributed by atoms with Gasteiger partial charge in [0.25, 0.3) is 0 Å². The summed E-state index contributed by atoms with van der Waals surface area (Å²) < 4.78 is 6.75. The molecule has 1 amide bonds. The van der Waals surface area contributed by atoms with Gasteiger partial charge in [0.15, 0.2) is 0 Å². The maximum Gasteiger partial charge on any atom is 0.328 e. The van der Waals surface area contributed by atoms with Crippen molar-refractivity contribution in [2.75, 3.05) is 44.2 Å². The van der Waals surface area contributed by atoms with E-state index >= 15 is 0 Å². The van der Waals surface area contributed by atoms with Crippen LogP contribution in [-0.2, 0) is 27.3 Å². The number of nitrogens with two attached hydrogens (primary N) is 1. The monoisotopic (exact) mass is 554 g/mol. The molecule has 0 unspecified atom stereocenters. The molecule has 2 aliphatic rings. The first-order valence-corrected chi connectivity index (χ1v) is 15.7. The minimum atomic E-state index is -0.250. The van der Waals surface area contributed by atoms with Gasteiger partial charge in [0, 0.05) is 31.4 Å². The molecule has 7 nitrogen and oxygen atoms in total. The zero-order valence-corrected chi connectivity index (χ0v) is 24.6. The molecule has 36 heavy (non-hydrogen) atoms. The highest BCUT2D eigenvalue weighted by atomic mass is 32.2. The van der Waals surface area contributed by atoms with Crippen molar-refractivity contribution >= 4 is 47.3 Å². The Balaban J connectivity index is 0.000000324. The van der Waals surface area contributed by atoms with E-state index in [0.717, 1.165) is 44.0 Å².